The van der Waals surface area contributed by atoms with Crippen LogP contribution in [-0.2, 0) is 0 Å². The minimum atomic E-state index is -0.721. The first-order valence-corrected chi connectivity index (χ1v) is 8.04. The van der Waals surface area contributed by atoms with Crippen LogP contribution in [-0.4, -0.2) is 51.8 Å². The van der Waals surface area contributed by atoms with Crippen molar-refractivity contribution in [3.8, 4) is 5.88 Å². The molecule has 1 aromatic heterocycles. The van der Waals surface area contributed by atoms with Crippen LogP contribution in [0.25, 0.3) is 10.9 Å². The summed E-state index contributed by atoms with van der Waals surface area (Å²) >= 11 is 0. The number of likely N-dealkylation sites (tertiary alicyclic amines) is 1. The van der Waals surface area contributed by atoms with Crippen molar-refractivity contribution in [1.82, 2.24) is 14.9 Å². The van der Waals surface area contributed by atoms with E-state index in [2.05, 4.69) is 21.4 Å². The Labute approximate surface area is 148 Å². The third-order valence-electron chi connectivity index (χ3n) is 4.28. The average molecular weight is 350 g/mol. The molecule has 1 N–H and O–H groups in total. The number of para-hydroxylation sites is 1. The van der Waals surface area contributed by atoms with E-state index in [4.69, 9.17) is 4.74 Å². The van der Waals surface area contributed by atoms with Crippen molar-refractivity contribution >= 4 is 23.3 Å². The zero-order chi connectivity index (χ0) is 16.3. The van der Waals surface area contributed by atoms with Crippen molar-refractivity contribution in [1.29, 1.82) is 0 Å². The molecule has 0 spiro atoms. The SMILES string of the molecule is C=CC1(O)CCN(CCCOc2nc(C)nc3ccccc23)C1.Cl. The molecule has 1 aromatic carbocycles. The molecule has 0 bridgehead atoms. The Morgan fingerprint density at radius 3 is 2.92 bits per heavy atom. The first-order valence-electron chi connectivity index (χ1n) is 8.04. The van der Waals surface area contributed by atoms with Crippen LogP contribution in [0.2, 0.25) is 0 Å². The number of ether oxygens (including phenoxy) is 1. The van der Waals surface area contributed by atoms with E-state index in [0.29, 0.717) is 24.9 Å². The number of halogens is 1. The highest BCUT2D eigenvalue weighted by Gasteiger charge is 2.32. The molecular formula is C18H24ClN3O2. The molecule has 130 valence electrons. The topological polar surface area (TPSA) is 58.5 Å². The summed E-state index contributed by atoms with van der Waals surface area (Å²) in [5, 5.41) is 11.1. The van der Waals surface area contributed by atoms with Gasteiger partial charge in [0.05, 0.1) is 23.1 Å². The Morgan fingerprint density at radius 1 is 1.38 bits per heavy atom. The van der Waals surface area contributed by atoms with E-state index in [9.17, 15) is 5.11 Å². The van der Waals surface area contributed by atoms with Gasteiger partial charge in [0.15, 0.2) is 0 Å². The van der Waals surface area contributed by atoms with Crippen LogP contribution >= 0.6 is 12.4 Å². The Balaban J connectivity index is 0.00000208. The van der Waals surface area contributed by atoms with Gasteiger partial charge in [-0.05, 0) is 31.9 Å². The fourth-order valence-electron chi connectivity index (χ4n) is 2.98. The standard InChI is InChI=1S/C18H23N3O2.ClH/c1-3-18(22)9-11-21(13-18)10-6-12-23-17-15-7-4-5-8-16(15)19-14(2)20-17;/h3-5,7-8,22H,1,6,9-13H2,2H3;1H. The summed E-state index contributed by atoms with van der Waals surface area (Å²) in [6.45, 7) is 8.64. The average Bonchev–Trinajstić information content (AvgIpc) is 2.93. The van der Waals surface area contributed by atoms with Crippen LogP contribution < -0.4 is 4.74 Å². The second-order valence-electron chi connectivity index (χ2n) is 6.13. The summed E-state index contributed by atoms with van der Waals surface area (Å²) in [6.07, 6.45) is 3.30. The normalized spacial score (nSPS) is 20.8. The van der Waals surface area contributed by atoms with E-state index in [1.165, 1.54) is 0 Å². The number of β-amino-alcohol motifs (C(OH)–C–C–N with tert-alkyl or cyclic N) is 1. The van der Waals surface area contributed by atoms with E-state index in [1.807, 2.05) is 31.2 Å². The monoisotopic (exact) mass is 349 g/mol. The lowest BCUT2D eigenvalue weighted by Gasteiger charge is -2.19. The predicted molar refractivity (Wildman–Crippen MR) is 97.8 cm³/mol. The Hall–Kier alpha value is -1.69. The highest BCUT2D eigenvalue weighted by Crippen LogP contribution is 2.23. The molecule has 6 heteroatoms. The van der Waals surface area contributed by atoms with Crippen molar-refractivity contribution < 1.29 is 9.84 Å². The molecule has 1 unspecified atom stereocenters. The van der Waals surface area contributed by atoms with Gasteiger partial charge in [0.25, 0.3) is 0 Å². The molecule has 5 nitrogen and oxygen atoms in total. The Bertz CT molecular complexity index is 710. The molecule has 0 amide bonds. The van der Waals surface area contributed by atoms with Crippen LogP contribution in [0.3, 0.4) is 0 Å². The van der Waals surface area contributed by atoms with Gasteiger partial charge in [-0.2, -0.15) is 4.98 Å². The van der Waals surface area contributed by atoms with Crippen LogP contribution in [0, 0.1) is 6.92 Å². The van der Waals surface area contributed by atoms with Crippen molar-refractivity contribution in [3.63, 3.8) is 0 Å². The summed E-state index contributed by atoms with van der Waals surface area (Å²) in [6, 6.07) is 7.88. The zero-order valence-corrected chi connectivity index (χ0v) is 14.8. The summed E-state index contributed by atoms with van der Waals surface area (Å²) in [7, 11) is 0. The molecule has 1 fully saturated rings. The van der Waals surface area contributed by atoms with Crippen LogP contribution in [0.15, 0.2) is 36.9 Å². The largest absolute Gasteiger partial charge is 0.477 e. The van der Waals surface area contributed by atoms with Crippen molar-refractivity contribution in [3.05, 3.63) is 42.7 Å². The molecule has 3 rings (SSSR count). The quantitative estimate of drug-likeness (QED) is 0.642. The molecule has 1 atom stereocenters. The number of nitrogens with zero attached hydrogens (tertiary/aromatic N) is 3. The molecule has 2 aromatic rings. The molecule has 1 aliphatic heterocycles. The highest BCUT2D eigenvalue weighted by molar-refractivity contribution is 5.85. The Kier molecular flexibility index (Phi) is 6.15. The lowest BCUT2D eigenvalue weighted by atomic mass is 10.0. The number of aryl methyl sites for hydroxylation is 1. The maximum absolute atomic E-state index is 10.1. The van der Waals surface area contributed by atoms with Crippen molar-refractivity contribution in [2.45, 2.75) is 25.4 Å². The number of fused-ring (bicyclic) bond motifs is 1. The molecule has 24 heavy (non-hydrogen) atoms. The number of rotatable bonds is 6. The van der Waals surface area contributed by atoms with E-state index >= 15 is 0 Å². The van der Waals surface area contributed by atoms with Gasteiger partial charge in [0.2, 0.25) is 5.88 Å². The summed E-state index contributed by atoms with van der Waals surface area (Å²) in [5.74, 6) is 1.37. The minimum Gasteiger partial charge on any atom is -0.477 e. The fraction of sp³-hybridized carbons (Fsp3) is 0.444. The minimum absolute atomic E-state index is 0. The van der Waals surface area contributed by atoms with Gasteiger partial charge in [0, 0.05) is 19.6 Å². The number of aromatic nitrogens is 2. The molecule has 0 radical (unpaired) electrons. The van der Waals surface area contributed by atoms with E-state index in [1.54, 1.807) is 6.08 Å². The van der Waals surface area contributed by atoms with E-state index in [-0.39, 0.29) is 12.4 Å². The summed E-state index contributed by atoms with van der Waals surface area (Å²) < 4.78 is 5.88. The molecule has 1 aliphatic rings. The zero-order valence-electron chi connectivity index (χ0n) is 13.9. The van der Waals surface area contributed by atoms with Gasteiger partial charge < -0.3 is 9.84 Å². The summed E-state index contributed by atoms with van der Waals surface area (Å²) in [4.78, 5) is 11.1. The second kappa shape index (κ2) is 7.92. The maximum Gasteiger partial charge on any atom is 0.224 e. The first kappa shape index (κ1) is 18.6. The molecule has 2 heterocycles. The fourth-order valence-corrected chi connectivity index (χ4v) is 2.98. The van der Waals surface area contributed by atoms with Gasteiger partial charge in [-0.3, -0.25) is 4.90 Å². The van der Waals surface area contributed by atoms with Gasteiger partial charge in [-0.25, -0.2) is 4.98 Å². The second-order valence-corrected chi connectivity index (χ2v) is 6.13. The van der Waals surface area contributed by atoms with Crippen molar-refractivity contribution in [2.24, 2.45) is 0 Å². The number of hydrogen-bond donors (Lipinski definition) is 1. The van der Waals surface area contributed by atoms with Crippen LogP contribution in [0.1, 0.15) is 18.7 Å². The van der Waals surface area contributed by atoms with Crippen LogP contribution in [0.4, 0.5) is 0 Å². The van der Waals surface area contributed by atoms with Crippen LogP contribution in [0.5, 0.6) is 5.88 Å². The molecular weight excluding hydrogens is 326 g/mol. The third kappa shape index (κ3) is 4.23. The summed E-state index contributed by atoms with van der Waals surface area (Å²) in [5.41, 5.74) is 0.187. The van der Waals surface area contributed by atoms with Gasteiger partial charge in [-0.15, -0.1) is 19.0 Å². The lowest BCUT2D eigenvalue weighted by Crippen LogP contribution is -2.31. The first-order chi connectivity index (χ1) is 11.1. The van der Waals surface area contributed by atoms with Crippen molar-refractivity contribution in [2.75, 3.05) is 26.2 Å². The maximum atomic E-state index is 10.1. The van der Waals surface area contributed by atoms with E-state index < -0.39 is 5.60 Å². The number of hydrogen-bond acceptors (Lipinski definition) is 5. The highest BCUT2D eigenvalue weighted by atomic mass is 35.5. The van der Waals surface area contributed by atoms with Gasteiger partial charge in [-0.1, -0.05) is 18.2 Å². The predicted octanol–water partition coefficient (Wildman–Crippen LogP) is 2.75. The number of benzene rings is 1. The lowest BCUT2D eigenvalue weighted by molar-refractivity contribution is 0.0977. The Morgan fingerprint density at radius 2 is 2.17 bits per heavy atom. The molecule has 0 aliphatic carbocycles. The molecule has 1 saturated heterocycles. The van der Waals surface area contributed by atoms with Gasteiger partial charge in [0.1, 0.15) is 5.82 Å². The number of aliphatic hydroxyl groups is 1. The smallest absolute Gasteiger partial charge is 0.224 e. The van der Waals surface area contributed by atoms with E-state index in [0.717, 1.165) is 36.8 Å². The molecule has 0 saturated carbocycles. The third-order valence-corrected chi connectivity index (χ3v) is 4.28. The van der Waals surface area contributed by atoms with Gasteiger partial charge >= 0.3 is 0 Å².